The standard InChI is InChI=1S/C16H27IN4/c1-5-18-14-12(17)13(16(2,3)4)19-15(20-14)21-10-8-6-7-9-11-21/h5-11H2,1-4H3,(H,18,19,20). The molecule has 1 aromatic rings. The Morgan fingerprint density at radius 1 is 1.10 bits per heavy atom. The zero-order valence-corrected chi connectivity index (χ0v) is 15.8. The molecule has 1 N–H and O–H groups in total. The van der Waals surface area contributed by atoms with Crippen molar-refractivity contribution < 1.29 is 0 Å². The third-order valence-electron chi connectivity index (χ3n) is 3.78. The van der Waals surface area contributed by atoms with E-state index < -0.39 is 0 Å². The van der Waals surface area contributed by atoms with Gasteiger partial charge in [0, 0.05) is 25.0 Å². The maximum atomic E-state index is 4.92. The highest BCUT2D eigenvalue weighted by atomic mass is 127. The van der Waals surface area contributed by atoms with Crippen molar-refractivity contribution in [3.63, 3.8) is 0 Å². The Bertz CT molecular complexity index is 474. The lowest BCUT2D eigenvalue weighted by atomic mass is 9.92. The molecule has 0 radical (unpaired) electrons. The van der Waals surface area contributed by atoms with E-state index in [-0.39, 0.29) is 5.41 Å². The van der Waals surface area contributed by atoms with E-state index in [1.165, 1.54) is 25.7 Å². The molecule has 0 saturated carbocycles. The topological polar surface area (TPSA) is 41.1 Å². The zero-order valence-electron chi connectivity index (χ0n) is 13.7. The predicted octanol–water partition coefficient (Wildman–Crippen LogP) is 4.19. The Labute approximate surface area is 142 Å². The van der Waals surface area contributed by atoms with E-state index in [4.69, 9.17) is 9.97 Å². The monoisotopic (exact) mass is 402 g/mol. The van der Waals surface area contributed by atoms with Crippen LogP contribution in [0.5, 0.6) is 0 Å². The van der Waals surface area contributed by atoms with Crippen LogP contribution in [0.4, 0.5) is 11.8 Å². The summed E-state index contributed by atoms with van der Waals surface area (Å²) in [5.74, 6) is 1.88. The van der Waals surface area contributed by atoms with Crippen LogP contribution in [0.3, 0.4) is 0 Å². The highest BCUT2D eigenvalue weighted by Crippen LogP contribution is 2.31. The first-order valence-electron chi connectivity index (χ1n) is 8.00. The largest absolute Gasteiger partial charge is 0.369 e. The van der Waals surface area contributed by atoms with Crippen LogP contribution in [0.25, 0.3) is 0 Å². The van der Waals surface area contributed by atoms with Crippen molar-refractivity contribution in [3.8, 4) is 0 Å². The Morgan fingerprint density at radius 2 is 1.71 bits per heavy atom. The van der Waals surface area contributed by atoms with E-state index >= 15 is 0 Å². The summed E-state index contributed by atoms with van der Waals surface area (Å²) in [6, 6.07) is 0. The summed E-state index contributed by atoms with van der Waals surface area (Å²) in [6.07, 6.45) is 5.15. The number of anilines is 2. The number of nitrogens with zero attached hydrogens (tertiary/aromatic N) is 3. The number of nitrogens with one attached hydrogen (secondary N) is 1. The Balaban J connectivity index is 2.42. The first-order chi connectivity index (χ1) is 9.93. The van der Waals surface area contributed by atoms with Crippen LogP contribution in [0.1, 0.15) is 59.1 Å². The van der Waals surface area contributed by atoms with E-state index in [9.17, 15) is 0 Å². The number of aromatic nitrogens is 2. The fraction of sp³-hybridized carbons (Fsp3) is 0.750. The second-order valence-electron chi connectivity index (χ2n) is 6.72. The first-order valence-corrected chi connectivity index (χ1v) is 9.08. The fourth-order valence-electron chi connectivity index (χ4n) is 2.63. The smallest absolute Gasteiger partial charge is 0.227 e. The lowest BCUT2D eigenvalue weighted by molar-refractivity contribution is 0.561. The van der Waals surface area contributed by atoms with Gasteiger partial charge in [0.2, 0.25) is 5.95 Å². The third kappa shape index (κ3) is 4.20. The van der Waals surface area contributed by atoms with Crippen LogP contribution in [0.2, 0.25) is 0 Å². The molecule has 21 heavy (non-hydrogen) atoms. The molecule has 1 aromatic heterocycles. The molecule has 4 nitrogen and oxygen atoms in total. The van der Waals surface area contributed by atoms with Gasteiger partial charge >= 0.3 is 0 Å². The van der Waals surface area contributed by atoms with Crippen molar-refractivity contribution in [3.05, 3.63) is 9.26 Å². The molecule has 1 fully saturated rings. The van der Waals surface area contributed by atoms with Gasteiger partial charge in [0.05, 0.1) is 9.26 Å². The van der Waals surface area contributed by atoms with Crippen molar-refractivity contribution in [2.75, 3.05) is 29.9 Å². The van der Waals surface area contributed by atoms with Gasteiger partial charge in [0.15, 0.2) is 0 Å². The molecule has 118 valence electrons. The van der Waals surface area contributed by atoms with Gasteiger partial charge in [-0.15, -0.1) is 0 Å². The molecule has 0 bridgehead atoms. The summed E-state index contributed by atoms with van der Waals surface area (Å²) in [7, 11) is 0. The summed E-state index contributed by atoms with van der Waals surface area (Å²) in [4.78, 5) is 12.1. The van der Waals surface area contributed by atoms with E-state index in [2.05, 4.69) is 60.5 Å². The van der Waals surface area contributed by atoms with Crippen LogP contribution in [0.15, 0.2) is 0 Å². The first kappa shape index (κ1) is 16.8. The molecule has 0 amide bonds. The molecule has 1 saturated heterocycles. The van der Waals surface area contributed by atoms with Crippen LogP contribution >= 0.6 is 22.6 Å². The minimum absolute atomic E-state index is 0.0320. The highest BCUT2D eigenvalue weighted by molar-refractivity contribution is 14.1. The Hall–Kier alpha value is -0.590. The van der Waals surface area contributed by atoms with Gasteiger partial charge in [-0.3, -0.25) is 0 Å². The summed E-state index contributed by atoms with van der Waals surface area (Å²) >= 11 is 2.38. The number of hydrogen-bond acceptors (Lipinski definition) is 4. The summed E-state index contributed by atoms with van der Waals surface area (Å²) < 4.78 is 1.15. The average molecular weight is 402 g/mol. The van der Waals surface area contributed by atoms with Crippen LogP contribution < -0.4 is 10.2 Å². The lowest BCUT2D eigenvalue weighted by Gasteiger charge is -2.26. The van der Waals surface area contributed by atoms with Gasteiger partial charge in [-0.1, -0.05) is 33.6 Å². The van der Waals surface area contributed by atoms with Crippen molar-refractivity contribution in [1.29, 1.82) is 0 Å². The second kappa shape index (κ2) is 7.11. The molecular formula is C16H27IN4. The maximum Gasteiger partial charge on any atom is 0.227 e. The van der Waals surface area contributed by atoms with Gasteiger partial charge in [0.25, 0.3) is 0 Å². The summed E-state index contributed by atoms with van der Waals surface area (Å²) in [5.41, 5.74) is 1.18. The lowest BCUT2D eigenvalue weighted by Crippen LogP contribution is -2.28. The van der Waals surface area contributed by atoms with E-state index in [0.29, 0.717) is 0 Å². The number of hydrogen-bond donors (Lipinski definition) is 1. The van der Waals surface area contributed by atoms with Crippen LogP contribution in [0, 0.1) is 3.57 Å². The molecule has 0 atom stereocenters. The number of halogens is 1. The zero-order chi connectivity index (χ0) is 15.5. The van der Waals surface area contributed by atoms with E-state index in [1.807, 2.05) is 0 Å². The molecule has 2 heterocycles. The van der Waals surface area contributed by atoms with Gasteiger partial charge in [0.1, 0.15) is 5.82 Å². The molecule has 0 unspecified atom stereocenters. The molecule has 1 aliphatic heterocycles. The summed E-state index contributed by atoms with van der Waals surface area (Å²) in [5, 5.41) is 3.40. The highest BCUT2D eigenvalue weighted by Gasteiger charge is 2.25. The molecule has 0 aliphatic carbocycles. The molecule has 5 heteroatoms. The second-order valence-corrected chi connectivity index (χ2v) is 7.80. The Kier molecular flexibility index (Phi) is 5.68. The molecule has 1 aliphatic rings. The predicted molar refractivity (Wildman–Crippen MR) is 98.3 cm³/mol. The van der Waals surface area contributed by atoms with Gasteiger partial charge in [-0.2, -0.15) is 4.98 Å². The fourth-order valence-corrected chi connectivity index (χ4v) is 3.87. The van der Waals surface area contributed by atoms with Gasteiger partial charge in [-0.25, -0.2) is 4.98 Å². The van der Waals surface area contributed by atoms with Gasteiger partial charge in [-0.05, 0) is 42.4 Å². The average Bonchev–Trinajstić information content (AvgIpc) is 2.69. The normalized spacial score (nSPS) is 16.7. The van der Waals surface area contributed by atoms with E-state index in [0.717, 1.165) is 40.7 Å². The Morgan fingerprint density at radius 3 is 2.24 bits per heavy atom. The minimum atomic E-state index is 0.0320. The molecular weight excluding hydrogens is 375 g/mol. The van der Waals surface area contributed by atoms with Crippen LogP contribution in [-0.4, -0.2) is 29.6 Å². The SMILES string of the molecule is CCNc1nc(N2CCCCCC2)nc(C(C)(C)C)c1I. The van der Waals surface area contributed by atoms with E-state index in [1.54, 1.807) is 0 Å². The number of rotatable bonds is 3. The molecule has 2 rings (SSSR count). The molecule has 0 aromatic carbocycles. The van der Waals surface area contributed by atoms with Crippen molar-refractivity contribution in [1.82, 2.24) is 9.97 Å². The molecule has 0 spiro atoms. The quantitative estimate of drug-likeness (QED) is 0.770. The minimum Gasteiger partial charge on any atom is -0.369 e. The van der Waals surface area contributed by atoms with Gasteiger partial charge < -0.3 is 10.2 Å². The van der Waals surface area contributed by atoms with Crippen molar-refractivity contribution >= 4 is 34.4 Å². The maximum absolute atomic E-state index is 4.92. The third-order valence-corrected chi connectivity index (χ3v) is 4.80. The summed E-state index contributed by atoms with van der Waals surface area (Å²) in [6.45, 7) is 11.8. The van der Waals surface area contributed by atoms with Crippen molar-refractivity contribution in [2.24, 2.45) is 0 Å². The van der Waals surface area contributed by atoms with Crippen molar-refractivity contribution in [2.45, 2.75) is 58.8 Å². The van der Waals surface area contributed by atoms with Crippen LogP contribution in [-0.2, 0) is 5.41 Å².